The summed E-state index contributed by atoms with van der Waals surface area (Å²) in [4.78, 5) is 5.11. The van der Waals surface area contributed by atoms with E-state index in [0.29, 0.717) is 23.1 Å². The van der Waals surface area contributed by atoms with Crippen LogP contribution in [-0.4, -0.2) is 23.0 Å². The van der Waals surface area contributed by atoms with Crippen LogP contribution in [0.1, 0.15) is 49.4 Å². The van der Waals surface area contributed by atoms with Gasteiger partial charge in [0.1, 0.15) is 10.8 Å². The Hall–Kier alpha value is -2.16. The van der Waals surface area contributed by atoms with Crippen molar-refractivity contribution in [3.63, 3.8) is 0 Å². The number of anilines is 1. The van der Waals surface area contributed by atoms with Gasteiger partial charge in [0.25, 0.3) is 0 Å². The minimum absolute atomic E-state index is 0.106. The fourth-order valence-corrected chi connectivity index (χ4v) is 5.92. The van der Waals surface area contributed by atoms with Crippen molar-refractivity contribution < 1.29 is 8.42 Å². The SMILES string of the molecule is CC1Cc2c(nc3c(Cl)cnn3c2NCc2ccc(S(N)(=O)=O)cc2)C12CCCC2. The Morgan fingerprint density at radius 1 is 1.27 bits per heavy atom. The number of fused-ring (bicyclic) bond motifs is 3. The zero-order chi connectivity index (χ0) is 21.1. The van der Waals surface area contributed by atoms with Crippen LogP contribution in [0.2, 0.25) is 5.02 Å². The van der Waals surface area contributed by atoms with Crippen molar-refractivity contribution in [2.45, 2.75) is 55.9 Å². The molecule has 2 heterocycles. The summed E-state index contributed by atoms with van der Waals surface area (Å²) in [5.41, 5.74) is 4.16. The van der Waals surface area contributed by atoms with Gasteiger partial charge in [0.05, 0.1) is 16.8 Å². The van der Waals surface area contributed by atoms with Crippen LogP contribution in [0.5, 0.6) is 0 Å². The van der Waals surface area contributed by atoms with Gasteiger partial charge in [-0.05, 0) is 42.9 Å². The summed E-state index contributed by atoms with van der Waals surface area (Å²) in [6, 6.07) is 6.59. The second-order valence-corrected chi connectivity index (χ2v) is 10.5. The van der Waals surface area contributed by atoms with Gasteiger partial charge in [-0.1, -0.05) is 43.5 Å². The van der Waals surface area contributed by atoms with Gasteiger partial charge in [0.15, 0.2) is 5.65 Å². The maximum absolute atomic E-state index is 11.5. The lowest BCUT2D eigenvalue weighted by atomic mass is 9.76. The summed E-state index contributed by atoms with van der Waals surface area (Å²) in [6.07, 6.45) is 7.42. The van der Waals surface area contributed by atoms with E-state index in [9.17, 15) is 8.42 Å². The van der Waals surface area contributed by atoms with Crippen LogP contribution >= 0.6 is 11.6 Å². The molecule has 0 radical (unpaired) electrons. The van der Waals surface area contributed by atoms with E-state index in [2.05, 4.69) is 17.3 Å². The third-order valence-electron chi connectivity index (χ3n) is 6.83. The molecule has 2 aliphatic rings. The van der Waals surface area contributed by atoms with Gasteiger partial charge in [-0.15, -0.1) is 0 Å². The highest BCUT2D eigenvalue weighted by molar-refractivity contribution is 7.89. The number of sulfonamides is 1. The molecule has 2 aromatic heterocycles. The summed E-state index contributed by atoms with van der Waals surface area (Å²) in [5.74, 6) is 1.45. The number of halogens is 1. The van der Waals surface area contributed by atoms with E-state index in [1.165, 1.54) is 49.1 Å². The van der Waals surface area contributed by atoms with Crippen molar-refractivity contribution in [3.05, 3.63) is 52.3 Å². The molecule has 9 heteroatoms. The molecule has 158 valence electrons. The van der Waals surface area contributed by atoms with Crippen LogP contribution in [-0.2, 0) is 28.4 Å². The maximum Gasteiger partial charge on any atom is 0.238 e. The summed E-state index contributed by atoms with van der Waals surface area (Å²) < 4.78 is 24.8. The molecule has 0 aliphatic heterocycles. The van der Waals surface area contributed by atoms with Gasteiger partial charge < -0.3 is 5.32 Å². The molecule has 1 saturated carbocycles. The van der Waals surface area contributed by atoms with E-state index in [-0.39, 0.29) is 10.3 Å². The number of aromatic nitrogens is 3. The van der Waals surface area contributed by atoms with Crippen molar-refractivity contribution in [2.24, 2.45) is 11.1 Å². The summed E-state index contributed by atoms with van der Waals surface area (Å²) >= 11 is 6.41. The van der Waals surface area contributed by atoms with Crippen molar-refractivity contribution in [1.82, 2.24) is 14.6 Å². The number of nitrogens with zero attached hydrogens (tertiary/aromatic N) is 3. The lowest BCUT2D eigenvalue weighted by Crippen LogP contribution is -2.27. The van der Waals surface area contributed by atoms with Crippen molar-refractivity contribution in [2.75, 3.05) is 5.32 Å². The lowest BCUT2D eigenvalue weighted by molar-refractivity contribution is 0.316. The molecule has 1 fully saturated rings. The third kappa shape index (κ3) is 3.01. The smallest absolute Gasteiger partial charge is 0.238 e. The zero-order valence-corrected chi connectivity index (χ0v) is 18.3. The zero-order valence-electron chi connectivity index (χ0n) is 16.7. The normalized spacial score (nSPS) is 20.2. The number of rotatable bonds is 4. The predicted octanol–water partition coefficient (Wildman–Crippen LogP) is 3.65. The fourth-order valence-electron chi connectivity index (χ4n) is 5.24. The van der Waals surface area contributed by atoms with E-state index in [0.717, 1.165) is 17.8 Å². The lowest BCUT2D eigenvalue weighted by Gasteiger charge is -2.29. The number of hydrogen-bond donors (Lipinski definition) is 2. The average Bonchev–Trinajstić information content (AvgIpc) is 3.40. The summed E-state index contributed by atoms with van der Waals surface area (Å²) in [6.45, 7) is 2.85. The predicted molar refractivity (Wildman–Crippen MR) is 116 cm³/mol. The minimum atomic E-state index is -3.70. The standard InChI is InChI=1S/C21H24ClN5O2S/c1-13-10-16-18(21(13)8-2-3-9-21)26-20-17(22)12-25-27(20)19(16)24-11-14-4-6-15(7-5-14)30(23,28)29/h4-7,12-13,24H,2-3,8-11H2,1H3,(H2,23,28,29). The van der Waals surface area contributed by atoms with Crippen LogP contribution in [0, 0.1) is 5.92 Å². The van der Waals surface area contributed by atoms with Gasteiger partial charge >= 0.3 is 0 Å². The van der Waals surface area contributed by atoms with Crippen LogP contribution < -0.4 is 10.5 Å². The first-order valence-corrected chi connectivity index (χ1v) is 12.1. The highest BCUT2D eigenvalue weighted by atomic mass is 35.5. The Morgan fingerprint density at radius 3 is 2.63 bits per heavy atom. The Labute approximate surface area is 180 Å². The fraction of sp³-hybridized carbons (Fsp3) is 0.429. The van der Waals surface area contributed by atoms with Crippen LogP contribution in [0.4, 0.5) is 5.82 Å². The molecule has 3 N–H and O–H groups in total. The van der Waals surface area contributed by atoms with E-state index < -0.39 is 10.0 Å². The quantitative estimate of drug-likeness (QED) is 0.638. The molecule has 0 amide bonds. The number of primary sulfonamides is 1. The minimum Gasteiger partial charge on any atom is -0.366 e. The molecular formula is C21H24ClN5O2S. The van der Waals surface area contributed by atoms with Gasteiger partial charge in [-0.3, -0.25) is 0 Å². The third-order valence-corrected chi connectivity index (χ3v) is 8.03. The Balaban J connectivity index is 1.54. The first-order chi connectivity index (χ1) is 14.3. The summed E-state index contributed by atoms with van der Waals surface area (Å²) in [5, 5.41) is 13.7. The molecule has 30 heavy (non-hydrogen) atoms. The van der Waals surface area contributed by atoms with Crippen LogP contribution in [0.15, 0.2) is 35.4 Å². The molecule has 7 nitrogen and oxygen atoms in total. The van der Waals surface area contributed by atoms with Crippen molar-refractivity contribution in [3.8, 4) is 0 Å². The Morgan fingerprint density at radius 2 is 1.97 bits per heavy atom. The molecule has 1 aromatic carbocycles. The van der Waals surface area contributed by atoms with E-state index >= 15 is 0 Å². The van der Waals surface area contributed by atoms with Gasteiger partial charge in [0, 0.05) is 17.5 Å². The van der Waals surface area contributed by atoms with Crippen molar-refractivity contribution >= 4 is 33.1 Å². The second kappa shape index (κ2) is 6.93. The summed E-state index contributed by atoms with van der Waals surface area (Å²) in [7, 11) is -3.70. The van der Waals surface area contributed by atoms with Crippen LogP contribution in [0.25, 0.3) is 5.65 Å². The number of hydrogen-bond acceptors (Lipinski definition) is 5. The Kier molecular flexibility index (Phi) is 4.57. The maximum atomic E-state index is 11.5. The molecule has 1 spiro atoms. The highest BCUT2D eigenvalue weighted by Crippen LogP contribution is 2.54. The van der Waals surface area contributed by atoms with Gasteiger partial charge in [-0.2, -0.15) is 9.61 Å². The number of nitrogens with one attached hydrogen (secondary N) is 1. The molecule has 0 bridgehead atoms. The highest BCUT2D eigenvalue weighted by Gasteiger charge is 2.49. The van der Waals surface area contributed by atoms with E-state index in [1.807, 2.05) is 0 Å². The molecule has 0 saturated heterocycles. The van der Waals surface area contributed by atoms with Gasteiger partial charge in [0.2, 0.25) is 10.0 Å². The molecule has 3 aromatic rings. The molecular weight excluding hydrogens is 422 g/mol. The molecule has 1 unspecified atom stereocenters. The average molecular weight is 446 g/mol. The van der Waals surface area contributed by atoms with E-state index in [1.54, 1.807) is 22.8 Å². The van der Waals surface area contributed by atoms with Crippen molar-refractivity contribution in [1.29, 1.82) is 0 Å². The first kappa shape index (κ1) is 19.8. The molecule has 5 rings (SSSR count). The van der Waals surface area contributed by atoms with E-state index in [4.69, 9.17) is 21.7 Å². The molecule has 2 aliphatic carbocycles. The number of benzene rings is 1. The molecule has 1 atom stereocenters. The van der Waals surface area contributed by atoms with Gasteiger partial charge in [-0.25, -0.2) is 18.5 Å². The Bertz CT molecular complexity index is 1230. The second-order valence-electron chi connectivity index (χ2n) is 8.53. The first-order valence-electron chi connectivity index (χ1n) is 10.2. The van der Waals surface area contributed by atoms with Crippen LogP contribution in [0.3, 0.4) is 0 Å². The monoisotopic (exact) mass is 445 g/mol. The topological polar surface area (TPSA) is 102 Å². The number of nitrogens with two attached hydrogens (primary N) is 1. The largest absolute Gasteiger partial charge is 0.366 e.